The smallest absolute Gasteiger partial charge is 0.351 e. The van der Waals surface area contributed by atoms with Crippen LogP contribution in [0.25, 0.3) is 0 Å². The number of ether oxygens (including phenoxy) is 2. The zero-order chi connectivity index (χ0) is 14.4. The van der Waals surface area contributed by atoms with Crippen LogP contribution in [0, 0.1) is 0 Å². The SMILES string of the molecule is COC(=O)[C@@H](Oc1ccc(CO)cc1)c1ccccc1. The molecule has 0 fully saturated rings. The highest BCUT2D eigenvalue weighted by Gasteiger charge is 2.23. The van der Waals surface area contributed by atoms with Gasteiger partial charge in [-0.25, -0.2) is 4.79 Å². The Morgan fingerprint density at radius 2 is 1.75 bits per heavy atom. The molecule has 0 aliphatic heterocycles. The van der Waals surface area contributed by atoms with Crippen molar-refractivity contribution < 1.29 is 19.4 Å². The molecule has 0 amide bonds. The lowest BCUT2D eigenvalue weighted by Crippen LogP contribution is -2.20. The number of benzene rings is 2. The number of hydrogen-bond donors (Lipinski definition) is 1. The van der Waals surface area contributed by atoms with E-state index in [-0.39, 0.29) is 6.61 Å². The number of aliphatic hydroxyl groups is 1. The van der Waals surface area contributed by atoms with Crippen LogP contribution < -0.4 is 4.74 Å². The van der Waals surface area contributed by atoms with Gasteiger partial charge < -0.3 is 14.6 Å². The summed E-state index contributed by atoms with van der Waals surface area (Å²) in [5.41, 5.74) is 1.51. The molecule has 0 heterocycles. The van der Waals surface area contributed by atoms with Crippen LogP contribution >= 0.6 is 0 Å². The Hall–Kier alpha value is -2.33. The van der Waals surface area contributed by atoms with Crippen molar-refractivity contribution in [3.63, 3.8) is 0 Å². The van der Waals surface area contributed by atoms with Gasteiger partial charge >= 0.3 is 5.97 Å². The molecule has 0 bridgehead atoms. The van der Waals surface area contributed by atoms with E-state index in [9.17, 15) is 4.79 Å². The first-order valence-corrected chi connectivity index (χ1v) is 6.24. The third-order valence-corrected chi connectivity index (χ3v) is 2.88. The van der Waals surface area contributed by atoms with Crippen LogP contribution in [0.5, 0.6) is 5.75 Å². The summed E-state index contributed by atoms with van der Waals surface area (Å²) in [6, 6.07) is 16.1. The number of methoxy groups -OCH3 is 1. The molecule has 0 aliphatic rings. The average molecular weight is 272 g/mol. The molecule has 0 radical (unpaired) electrons. The Kier molecular flexibility index (Phi) is 4.74. The molecule has 4 nitrogen and oxygen atoms in total. The van der Waals surface area contributed by atoms with E-state index in [2.05, 4.69) is 0 Å². The van der Waals surface area contributed by atoms with E-state index in [0.717, 1.165) is 11.1 Å². The van der Waals surface area contributed by atoms with Gasteiger partial charge in [-0.1, -0.05) is 42.5 Å². The predicted molar refractivity (Wildman–Crippen MR) is 74.2 cm³/mol. The summed E-state index contributed by atoms with van der Waals surface area (Å²) in [7, 11) is 1.33. The van der Waals surface area contributed by atoms with E-state index in [1.807, 2.05) is 30.3 Å². The van der Waals surface area contributed by atoms with E-state index < -0.39 is 12.1 Å². The van der Waals surface area contributed by atoms with E-state index >= 15 is 0 Å². The van der Waals surface area contributed by atoms with Gasteiger partial charge in [0.25, 0.3) is 0 Å². The van der Waals surface area contributed by atoms with E-state index in [0.29, 0.717) is 5.75 Å². The average Bonchev–Trinajstić information content (AvgIpc) is 2.53. The van der Waals surface area contributed by atoms with Crippen LogP contribution in [0.3, 0.4) is 0 Å². The molecule has 1 atom stereocenters. The van der Waals surface area contributed by atoms with Gasteiger partial charge in [-0.15, -0.1) is 0 Å². The maximum absolute atomic E-state index is 11.9. The fourth-order valence-electron chi connectivity index (χ4n) is 1.80. The summed E-state index contributed by atoms with van der Waals surface area (Å²) in [5, 5.41) is 9.00. The molecule has 1 N–H and O–H groups in total. The van der Waals surface area contributed by atoms with Crippen LogP contribution in [0.1, 0.15) is 17.2 Å². The first kappa shape index (κ1) is 14.1. The fraction of sp³-hybridized carbons (Fsp3) is 0.188. The lowest BCUT2D eigenvalue weighted by atomic mass is 10.1. The van der Waals surface area contributed by atoms with Gasteiger partial charge in [-0.3, -0.25) is 0 Å². The topological polar surface area (TPSA) is 55.8 Å². The molecule has 0 unspecified atom stereocenters. The van der Waals surface area contributed by atoms with Crippen molar-refractivity contribution in [3.05, 3.63) is 65.7 Å². The molecule has 2 rings (SSSR count). The Balaban J connectivity index is 2.21. The molecule has 0 aromatic heterocycles. The van der Waals surface area contributed by atoms with Crippen LogP contribution in [0.2, 0.25) is 0 Å². The highest BCUT2D eigenvalue weighted by molar-refractivity contribution is 5.76. The van der Waals surface area contributed by atoms with Crippen molar-refractivity contribution in [1.82, 2.24) is 0 Å². The van der Waals surface area contributed by atoms with Crippen molar-refractivity contribution in [3.8, 4) is 5.75 Å². The zero-order valence-corrected chi connectivity index (χ0v) is 11.2. The number of rotatable bonds is 5. The quantitative estimate of drug-likeness (QED) is 0.849. The van der Waals surface area contributed by atoms with Gasteiger partial charge in [0.05, 0.1) is 13.7 Å². The predicted octanol–water partition coefficient (Wildman–Crippen LogP) is 2.47. The molecule has 104 valence electrons. The lowest BCUT2D eigenvalue weighted by Gasteiger charge is -2.17. The summed E-state index contributed by atoms with van der Waals surface area (Å²) in [6.07, 6.45) is -0.804. The van der Waals surface area contributed by atoms with Gasteiger partial charge in [0.2, 0.25) is 6.10 Å². The zero-order valence-electron chi connectivity index (χ0n) is 11.2. The number of carbonyl (C=O) groups is 1. The molecule has 20 heavy (non-hydrogen) atoms. The molecule has 0 saturated carbocycles. The molecular weight excluding hydrogens is 256 g/mol. The van der Waals surface area contributed by atoms with E-state index in [4.69, 9.17) is 14.6 Å². The largest absolute Gasteiger partial charge is 0.474 e. The van der Waals surface area contributed by atoms with Gasteiger partial charge in [0.15, 0.2) is 0 Å². The third kappa shape index (κ3) is 3.36. The van der Waals surface area contributed by atoms with Gasteiger partial charge in [0, 0.05) is 5.56 Å². The summed E-state index contributed by atoms with van der Waals surface area (Å²) in [4.78, 5) is 11.9. The molecule has 0 spiro atoms. The molecule has 0 aliphatic carbocycles. The molecule has 0 saturated heterocycles. The number of esters is 1. The van der Waals surface area contributed by atoms with Crippen LogP contribution in [-0.2, 0) is 16.1 Å². The van der Waals surface area contributed by atoms with Crippen molar-refractivity contribution in [2.24, 2.45) is 0 Å². The maximum Gasteiger partial charge on any atom is 0.351 e. The van der Waals surface area contributed by atoms with Crippen LogP contribution in [0.4, 0.5) is 0 Å². The van der Waals surface area contributed by atoms with Crippen LogP contribution in [-0.4, -0.2) is 18.2 Å². The molecule has 4 heteroatoms. The third-order valence-electron chi connectivity index (χ3n) is 2.88. The molecular formula is C16H16O4. The summed E-state index contributed by atoms with van der Waals surface area (Å²) in [6.45, 7) is -0.0284. The first-order valence-electron chi connectivity index (χ1n) is 6.24. The second kappa shape index (κ2) is 6.73. The second-order valence-electron chi connectivity index (χ2n) is 4.23. The van der Waals surface area contributed by atoms with Gasteiger partial charge in [0.1, 0.15) is 5.75 Å². The minimum Gasteiger partial charge on any atom is -0.474 e. The Morgan fingerprint density at radius 3 is 2.30 bits per heavy atom. The molecule has 2 aromatic rings. The fourth-order valence-corrected chi connectivity index (χ4v) is 1.80. The summed E-state index contributed by atoms with van der Waals surface area (Å²) < 4.78 is 10.5. The number of aliphatic hydroxyl groups excluding tert-OH is 1. The van der Waals surface area contributed by atoms with E-state index in [1.54, 1.807) is 24.3 Å². The Labute approximate surface area is 117 Å². The maximum atomic E-state index is 11.9. The highest BCUT2D eigenvalue weighted by Crippen LogP contribution is 2.23. The summed E-state index contributed by atoms with van der Waals surface area (Å²) >= 11 is 0. The van der Waals surface area contributed by atoms with Crippen molar-refractivity contribution in [2.75, 3.05) is 7.11 Å². The number of carbonyl (C=O) groups excluding carboxylic acids is 1. The van der Waals surface area contributed by atoms with Crippen molar-refractivity contribution >= 4 is 5.97 Å². The minimum absolute atomic E-state index is 0.0284. The standard InChI is InChI=1S/C16H16O4/c1-19-16(18)15(13-5-3-2-4-6-13)20-14-9-7-12(11-17)8-10-14/h2-10,15,17H,11H2,1H3/t15-/m0/s1. The normalized spacial score (nSPS) is 11.7. The summed E-state index contributed by atoms with van der Waals surface area (Å²) in [5.74, 6) is 0.0869. The second-order valence-corrected chi connectivity index (χ2v) is 4.23. The lowest BCUT2D eigenvalue weighted by molar-refractivity contribution is -0.149. The van der Waals surface area contributed by atoms with Crippen molar-refractivity contribution in [2.45, 2.75) is 12.7 Å². The Morgan fingerprint density at radius 1 is 1.10 bits per heavy atom. The Bertz CT molecular complexity index is 548. The molecule has 2 aromatic carbocycles. The van der Waals surface area contributed by atoms with Crippen molar-refractivity contribution in [1.29, 1.82) is 0 Å². The number of hydrogen-bond acceptors (Lipinski definition) is 4. The van der Waals surface area contributed by atoms with Gasteiger partial charge in [-0.05, 0) is 17.7 Å². The van der Waals surface area contributed by atoms with E-state index in [1.165, 1.54) is 7.11 Å². The monoisotopic (exact) mass is 272 g/mol. The first-order chi connectivity index (χ1) is 9.74. The minimum atomic E-state index is -0.804. The van der Waals surface area contributed by atoms with Crippen LogP contribution in [0.15, 0.2) is 54.6 Å². The van der Waals surface area contributed by atoms with Gasteiger partial charge in [-0.2, -0.15) is 0 Å². The highest BCUT2D eigenvalue weighted by atomic mass is 16.6.